The Hall–Kier alpha value is -2.82. The average Bonchev–Trinajstić information content (AvgIpc) is 2.63. The lowest BCUT2D eigenvalue weighted by atomic mass is 10.2. The molecule has 5 nitrogen and oxygen atoms in total. The van der Waals surface area contributed by atoms with E-state index in [1.165, 1.54) is 0 Å². The number of nitrogens with one attached hydrogen (secondary N) is 2. The zero-order valence-electron chi connectivity index (χ0n) is 15.3. The number of carbonyl (C=O) groups is 2. The molecule has 2 rings (SSSR count). The van der Waals surface area contributed by atoms with E-state index < -0.39 is 6.10 Å². The van der Waals surface area contributed by atoms with Gasteiger partial charge in [0.1, 0.15) is 5.75 Å². The first-order chi connectivity index (χ1) is 12.6. The maximum atomic E-state index is 12.3. The molecule has 2 N–H and O–H groups in total. The van der Waals surface area contributed by atoms with Gasteiger partial charge in [-0.1, -0.05) is 44.0 Å². The molecule has 0 bridgehead atoms. The van der Waals surface area contributed by atoms with E-state index in [-0.39, 0.29) is 11.8 Å². The fourth-order valence-electron chi connectivity index (χ4n) is 2.43. The third kappa shape index (κ3) is 6.59. The Bertz CT molecular complexity index is 716. The van der Waals surface area contributed by atoms with Crippen LogP contribution in [0.25, 0.3) is 0 Å². The molecule has 0 saturated carbocycles. The van der Waals surface area contributed by atoms with Crippen molar-refractivity contribution < 1.29 is 14.3 Å². The van der Waals surface area contributed by atoms with Gasteiger partial charge in [0.15, 0.2) is 6.10 Å². The predicted octanol–water partition coefficient (Wildman–Crippen LogP) is 4.61. The molecule has 1 atom stereocenters. The highest BCUT2D eigenvalue weighted by molar-refractivity contribution is 5.96. The van der Waals surface area contributed by atoms with Crippen molar-refractivity contribution in [1.29, 1.82) is 0 Å². The molecule has 26 heavy (non-hydrogen) atoms. The van der Waals surface area contributed by atoms with Crippen molar-refractivity contribution in [1.82, 2.24) is 0 Å². The molecule has 2 amide bonds. The van der Waals surface area contributed by atoms with Gasteiger partial charge in [0.25, 0.3) is 5.91 Å². The van der Waals surface area contributed by atoms with Crippen LogP contribution in [0.1, 0.15) is 39.5 Å². The second kappa shape index (κ2) is 10.2. The Balaban J connectivity index is 1.88. The van der Waals surface area contributed by atoms with Gasteiger partial charge < -0.3 is 15.4 Å². The SMILES string of the molecule is CCCCCC(=O)Nc1cccc(NC(=O)C(C)Oc2ccccc2)c1. The summed E-state index contributed by atoms with van der Waals surface area (Å²) in [7, 11) is 0. The van der Waals surface area contributed by atoms with Crippen LogP contribution in [0, 0.1) is 0 Å². The van der Waals surface area contributed by atoms with E-state index in [1.807, 2.05) is 18.2 Å². The topological polar surface area (TPSA) is 67.4 Å². The van der Waals surface area contributed by atoms with Crippen molar-refractivity contribution in [2.45, 2.75) is 45.6 Å². The lowest BCUT2D eigenvalue weighted by Crippen LogP contribution is -2.30. The molecular weight excluding hydrogens is 328 g/mol. The van der Waals surface area contributed by atoms with Gasteiger partial charge in [-0.15, -0.1) is 0 Å². The molecular formula is C21H26N2O3. The molecule has 0 aliphatic heterocycles. The minimum Gasteiger partial charge on any atom is -0.481 e. The van der Waals surface area contributed by atoms with Crippen LogP contribution in [0.5, 0.6) is 5.75 Å². The Morgan fingerprint density at radius 1 is 0.962 bits per heavy atom. The second-order valence-electron chi connectivity index (χ2n) is 6.15. The standard InChI is InChI=1S/C21H26N2O3/c1-3-4-6-14-20(24)22-17-10-9-11-18(15-17)23-21(25)16(2)26-19-12-7-5-8-13-19/h5,7-13,15-16H,3-4,6,14H2,1-2H3,(H,22,24)(H,23,25). The highest BCUT2D eigenvalue weighted by Crippen LogP contribution is 2.17. The number of amides is 2. The van der Waals surface area contributed by atoms with Crippen molar-refractivity contribution >= 4 is 23.2 Å². The maximum Gasteiger partial charge on any atom is 0.265 e. The number of carbonyl (C=O) groups excluding carboxylic acids is 2. The molecule has 0 heterocycles. The molecule has 138 valence electrons. The first kappa shape index (κ1) is 19.5. The van der Waals surface area contributed by atoms with E-state index in [0.717, 1.165) is 19.3 Å². The van der Waals surface area contributed by atoms with E-state index in [0.29, 0.717) is 23.5 Å². The summed E-state index contributed by atoms with van der Waals surface area (Å²) in [5.41, 5.74) is 1.28. The van der Waals surface area contributed by atoms with E-state index in [4.69, 9.17) is 4.74 Å². The summed E-state index contributed by atoms with van der Waals surface area (Å²) in [6.07, 6.45) is 2.88. The highest BCUT2D eigenvalue weighted by atomic mass is 16.5. The van der Waals surface area contributed by atoms with Gasteiger partial charge in [0.05, 0.1) is 0 Å². The van der Waals surface area contributed by atoms with Crippen LogP contribution < -0.4 is 15.4 Å². The largest absolute Gasteiger partial charge is 0.481 e. The normalized spacial score (nSPS) is 11.5. The molecule has 0 aliphatic rings. The zero-order valence-corrected chi connectivity index (χ0v) is 15.3. The maximum absolute atomic E-state index is 12.3. The summed E-state index contributed by atoms with van der Waals surface area (Å²) < 4.78 is 5.62. The van der Waals surface area contributed by atoms with Gasteiger partial charge in [-0.2, -0.15) is 0 Å². The molecule has 2 aromatic carbocycles. The van der Waals surface area contributed by atoms with Gasteiger partial charge >= 0.3 is 0 Å². The lowest BCUT2D eigenvalue weighted by Gasteiger charge is -2.15. The van der Waals surface area contributed by atoms with Crippen LogP contribution in [0.15, 0.2) is 54.6 Å². The van der Waals surface area contributed by atoms with Gasteiger partial charge in [0, 0.05) is 17.8 Å². The Kier molecular flexibility index (Phi) is 7.68. The summed E-state index contributed by atoms with van der Waals surface area (Å²) in [5.74, 6) is 0.381. The van der Waals surface area contributed by atoms with Gasteiger partial charge in [-0.05, 0) is 43.7 Å². The van der Waals surface area contributed by atoms with E-state index in [2.05, 4.69) is 17.6 Å². The van der Waals surface area contributed by atoms with Crippen LogP contribution >= 0.6 is 0 Å². The molecule has 2 aromatic rings. The van der Waals surface area contributed by atoms with Crippen LogP contribution in [0.2, 0.25) is 0 Å². The van der Waals surface area contributed by atoms with Crippen molar-refractivity contribution in [3.63, 3.8) is 0 Å². The van der Waals surface area contributed by atoms with Gasteiger partial charge in [-0.25, -0.2) is 0 Å². The number of rotatable bonds is 9. The molecule has 0 fully saturated rings. The minimum absolute atomic E-state index is 0.0114. The fraction of sp³-hybridized carbons (Fsp3) is 0.333. The van der Waals surface area contributed by atoms with Crippen molar-refractivity contribution in [3.8, 4) is 5.75 Å². The summed E-state index contributed by atoms with van der Waals surface area (Å²) in [6, 6.07) is 16.3. The monoisotopic (exact) mass is 354 g/mol. The molecule has 1 unspecified atom stereocenters. The van der Waals surface area contributed by atoms with Crippen LogP contribution in [-0.2, 0) is 9.59 Å². The van der Waals surface area contributed by atoms with Crippen LogP contribution in [0.3, 0.4) is 0 Å². The average molecular weight is 354 g/mol. The third-order valence-corrected chi connectivity index (χ3v) is 3.85. The molecule has 0 saturated heterocycles. The number of para-hydroxylation sites is 1. The second-order valence-corrected chi connectivity index (χ2v) is 6.15. The summed E-state index contributed by atoms with van der Waals surface area (Å²) in [5, 5.41) is 5.67. The molecule has 0 radical (unpaired) electrons. The number of benzene rings is 2. The molecule has 0 aromatic heterocycles. The number of ether oxygens (including phenoxy) is 1. The highest BCUT2D eigenvalue weighted by Gasteiger charge is 2.15. The Morgan fingerprint density at radius 2 is 1.65 bits per heavy atom. The first-order valence-electron chi connectivity index (χ1n) is 9.01. The Morgan fingerprint density at radius 3 is 2.35 bits per heavy atom. The molecule has 0 aliphatic carbocycles. The number of anilines is 2. The summed E-state index contributed by atoms with van der Waals surface area (Å²) in [6.45, 7) is 3.80. The van der Waals surface area contributed by atoms with Crippen LogP contribution in [-0.4, -0.2) is 17.9 Å². The molecule has 5 heteroatoms. The minimum atomic E-state index is -0.635. The van der Waals surface area contributed by atoms with E-state index in [1.54, 1.807) is 43.3 Å². The van der Waals surface area contributed by atoms with Crippen molar-refractivity contribution in [2.75, 3.05) is 10.6 Å². The number of hydrogen-bond acceptors (Lipinski definition) is 3. The smallest absolute Gasteiger partial charge is 0.265 e. The van der Waals surface area contributed by atoms with Gasteiger partial charge in [-0.3, -0.25) is 9.59 Å². The van der Waals surface area contributed by atoms with Crippen molar-refractivity contribution in [3.05, 3.63) is 54.6 Å². The van der Waals surface area contributed by atoms with E-state index in [9.17, 15) is 9.59 Å². The number of hydrogen-bond donors (Lipinski definition) is 2. The summed E-state index contributed by atoms with van der Waals surface area (Å²) in [4.78, 5) is 24.2. The predicted molar refractivity (Wildman–Crippen MR) is 104 cm³/mol. The van der Waals surface area contributed by atoms with Crippen molar-refractivity contribution in [2.24, 2.45) is 0 Å². The zero-order chi connectivity index (χ0) is 18.8. The number of unbranched alkanes of at least 4 members (excludes halogenated alkanes) is 2. The molecule has 0 spiro atoms. The fourth-order valence-corrected chi connectivity index (χ4v) is 2.43. The van der Waals surface area contributed by atoms with Gasteiger partial charge in [0.2, 0.25) is 5.91 Å². The first-order valence-corrected chi connectivity index (χ1v) is 9.01. The Labute approximate surface area is 154 Å². The third-order valence-electron chi connectivity index (χ3n) is 3.85. The van der Waals surface area contributed by atoms with Crippen LogP contribution in [0.4, 0.5) is 11.4 Å². The quantitative estimate of drug-likeness (QED) is 0.646. The lowest BCUT2D eigenvalue weighted by molar-refractivity contribution is -0.122. The van der Waals surface area contributed by atoms with E-state index >= 15 is 0 Å². The summed E-state index contributed by atoms with van der Waals surface area (Å²) >= 11 is 0.